The van der Waals surface area contributed by atoms with Gasteiger partial charge in [-0.3, -0.25) is 4.79 Å². The molecule has 0 radical (unpaired) electrons. The monoisotopic (exact) mass is 289 g/mol. The molecule has 21 heavy (non-hydrogen) atoms. The molecule has 1 aromatic rings. The topological polar surface area (TPSA) is 49.8 Å². The zero-order valence-electron chi connectivity index (χ0n) is 12.5. The lowest BCUT2D eigenvalue weighted by Gasteiger charge is -2.46. The van der Waals surface area contributed by atoms with Crippen LogP contribution in [0.15, 0.2) is 24.3 Å². The van der Waals surface area contributed by atoms with Crippen LogP contribution in [0, 0.1) is 6.92 Å². The predicted octanol–water partition coefficient (Wildman–Crippen LogP) is 2.14. The van der Waals surface area contributed by atoms with Crippen molar-refractivity contribution < 1.29 is 14.6 Å². The Morgan fingerprint density at radius 1 is 1.33 bits per heavy atom. The molecule has 1 unspecified atom stereocenters. The Bertz CT molecular complexity index is 521. The molecule has 0 aromatic heterocycles. The second kappa shape index (κ2) is 5.78. The summed E-state index contributed by atoms with van der Waals surface area (Å²) in [6.45, 7) is 4.00. The van der Waals surface area contributed by atoms with Gasteiger partial charge in [0.15, 0.2) is 0 Å². The zero-order chi connectivity index (χ0) is 14.9. The minimum atomic E-state index is -0.416. The quantitative estimate of drug-likeness (QED) is 0.861. The molecule has 1 amide bonds. The molecule has 0 aliphatic carbocycles. The number of benzene rings is 1. The van der Waals surface area contributed by atoms with Crippen LogP contribution < -0.4 is 0 Å². The average Bonchev–Trinajstić information content (AvgIpc) is 2.51. The Balaban J connectivity index is 1.68. The molecule has 1 N–H and O–H groups in total. The molecular formula is C17H23NO3. The number of carbonyl (C=O) groups is 1. The van der Waals surface area contributed by atoms with Gasteiger partial charge >= 0.3 is 0 Å². The second-order valence-electron chi connectivity index (χ2n) is 6.18. The summed E-state index contributed by atoms with van der Waals surface area (Å²) in [5, 5.41) is 10.2. The molecule has 0 bridgehead atoms. The number of nitrogens with zero attached hydrogens (tertiary/aromatic N) is 1. The third-order valence-corrected chi connectivity index (χ3v) is 4.89. The summed E-state index contributed by atoms with van der Waals surface area (Å²) in [5.74, 6) is 0.0910. The van der Waals surface area contributed by atoms with Gasteiger partial charge in [-0.25, -0.2) is 0 Å². The van der Waals surface area contributed by atoms with Gasteiger partial charge in [-0.2, -0.15) is 0 Å². The molecular weight excluding hydrogens is 266 g/mol. The number of likely N-dealkylation sites (tertiary alicyclic amines) is 1. The highest BCUT2D eigenvalue weighted by molar-refractivity contribution is 5.95. The van der Waals surface area contributed by atoms with E-state index in [0.717, 1.165) is 43.4 Å². The molecule has 114 valence electrons. The van der Waals surface area contributed by atoms with Crippen molar-refractivity contribution in [3.05, 3.63) is 35.4 Å². The van der Waals surface area contributed by atoms with E-state index >= 15 is 0 Å². The lowest BCUT2D eigenvalue weighted by Crippen LogP contribution is -2.56. The maximum atomic E-state index is 12.6. The van der Waals surface area contributed by atoms with Gasteiger partial charge in [0.1, 0.15) is 0 Å². The molecule has 2 heterocycles. The Kier molecular flexibility index (Phi) is 4.00. The Morgan fingerprint density at radius 3 is 2.71 bits per heavy atom. The molecule has 3 rings (SSSR count). The van der Waals surface area contributed by atoms with Crippen LogP contribution >= 0.6 is 0 Å². The van der Waals surface area contributed by atoms with Crippen molar-refractivity contribution in [1.29, 1.82) is 0 Å². The number of hydrogen-bond donors (Lipinski definition) is 1. The molecule has 1 atom stereocenters. The van der Waals surface area contributed by atoms with E-state index in [0.29, 0.717) is 13.1 Å². The molecule has 4 heteroatoms. The third kappa shape index (κ3) is 2.70. The summed E-state index contributed by atoms with van der Waals surface area (Å²) in [5.41, 5.74) is 1.37. The number of ether oxygens (including phenoxy) is 1. The lowest BCUT2D eigenvalue weighted by molar-refractivity contribution is -0.174. The van der Waals surface area contributed by atoms with Crippen LogP contribution in [0.4, 0.5) is 0 Å². The first-order chi connectivity index (χ1) is 10.1. The van der Waals surface area contributed by atoms with Crippen LogP contribution in [0.1, 0.15) is 41.6 Å². The van der Waals surface area contributed by atoms with Gasteiger partial charge in [0.2, 0.25) is 0 Å². The minimum absolute atomic E-state index is 0.0910. The Morgan fingerprint density at radius 2 is 2.05 bits per heavy atom. The lowest BCUT2D eigenvalue weighted by atomic mass is 9.82. The van der Waals surface area contributed by atoms with Crippen molar-refractivity contribution in [2.45, 2.75) is 44.3 Å². The first-order valence-electron chi connectivity index (χ1n) is 7.79. The average molecular weight is 289 g/mol. The smallest absolute Gasteiger partial charge is 0.254 e. The van der Waals surface area contributed by atoms with E-state index in [1.807, 2.05) is 36.1 Å². The van der Waals surface area contributed by atoms with E-state index in [9.17, 15) is 9.90 Å². The minimum Gasteiger partial charge on any atom is -0.390 e. The number of hydrogen-bond acceptors (Lipinski definition) is 3. The van der Waals surface area contributed by atoms with Crippen LogP contribution in [0.25, 0.3) is 0 Å². The van der Waals surface area contributed by atoms with E-state index < -0.39 is 5.60 Å². The van der Waals surface area contributed by atoms with E-state index in [2.05, 4.69) is 0 Å². The number of aliphatic hydroxyl groups is 1. The van der Waals surface area contributed by atoms with Crippen LogP contribution in [-0.2, 0) is 4.74 Å². The maximum absolute atomic E-state index is 12.6. The summed E-state index contributed by atoms with van der Waals surface area (Å²) in [6, 6.07) is 7.70. The number of rotatable bonds is 1. The highest BCUT2D eigenvalue weighted by atomic mass is 16.5. The number of carbonyl (C=O) groups excluding carboxylic acids is 1. The molecule has 1 aromatic carbocycles. The van der Waals surface area contributed by atoms with E-state index in [1.165, 1.54) is 0 Å². The molecule has 4 nitrogen and oxygen atoms in total. The molecule has 2 saturated heterocycles. The Hall–Kier alpha value is -1.39. The van der Waals surface area contributed by atoms with Crippen LogP contribution in [-0.4, -0.2) is 47.3 Å². The SMILES string of the molecule is Cc1ccccc1C(=O)N1CCC2(CC1)OCCCC2O. The highest BCUT2D eigenvalue weighted by Crippen LogP contribution is 2.35. The highest BCUT2D eigenvalue weighted by Gasteiger charge is 2.44. The fourth-order valence-corrected chi connectivity index (χ4v) is 3.46. The molecule has 0 saturated carbocycles. The first-order valence-corrected chi connectivity index (χ1v) is 7.79. The summed E-state index contributed by atoms with van der Waals surface area (Å²) in [7, 11) is 0. The van der Waals surface area contributed by atoms with Gasteiger partial charge in [0.05, 0.1) is 11.7 Å². The molecule has 1 spiro atoms. The van der Waals surface area contributed by atoms with Crippen molar-refractivity contribution in [3.63, 3.8) is 0 Å². The number of amides is 1. The Labute approximate surface area is 125 Å². The number of piperidine rings is 1. The first kappa shape index (κ1) is 14.5. The van der Waals surface area contributed by atoms with Crippen LogP contribution in [0.5, 0.6) is 0 Å². The van der Waals surface area contributed by atoms with Gasteiger partial charge < -0.3 is 14.7 Å². The normalized spacial score (nSPS) is 25.0. The van der Waals surface area contributed by atoms with Crippen LogP contribution in [0.3, 0.4) is 0 Å². The van der Waals surface area contributed by atoms with Gasteiger partial charge in [-0.1, -0.05) is 18.2 Å². The van der Waals surface area contributed by atoms with Crippen molar-refractivity contribution in [3.8, 4) is 0 Å². The fraction of sp³-hybridized carbons (Fsp3) is 0.588. The van der Waals surface area contributed by atoms with E-state index in [4.69, 9.17) is 4.74 Å². The molecule has 2 fully saturated rings. The standard InChI is InChI=1S/C17H23NO3/c1-13-5-2-3-6-14(13)16(20)18-10-8-17(9-11-18)15(19)7-4-12-21-17/h2-3,5-6,15,19H,4,7-12H2,1H3. The maximum Gasteiger partial charge on any atom is 0.254 e. The van der Waals surface area contributed by atoms with Gasteiger partial charge in [0, 0.05) is 25.3 Å². The van der Waals surface area contributed by atoms with Crippen molar-refractivity contribution in [2.75, 3.05) is 19.7 Å². The molecule has 2 aliphatic rings. The zero-order valence-corrected chi connectivity index (χ0v) is 12.5. The summed E-state index contributed by atoms with van der Waals surface area (Å²) in [4.78, 5) is 14.5. The third-order valence-electron chi connectivity index (χ3n) is 4.89. The van der Waals surface area contributed by atoms with Gasteiger partial charge in [-0.15, -0.1) is 0 Å². The van der Waals surface area contributed by atoms with Crippen molar-refractivity contribution in [2.24, 2.45) is 0 Å². The van der Waals surface area contributed by atoms with Gasteiger partial charge in [-0.05, 0) is 44.2 Å². The number of aliphatic hydroxyl groups excluding tert-OH is 1. The predicted molar refractivity (Wildman–Crippen MR) is 80.2 cm³/mol. The van der Waals surface area contributed by atoms with E-state index in [-0.39, 0.29) is 12.0 Å². The summed E-state index contributed by atoms with van der Waals surface area (Å²) < 4.78 is 5.89. The van der Waals surface area contributed by atoms with Gasteiger partial charge in [0.25, 0.3) is 5.91 Å². The van der Waals surface area contributed by atoms with Crippen LogP contribution in [0.2, 0.25) is 0 Å². The van der Waals surface area contributed by atoms with Crippen molar-refractivity contribution in [1.82, 2.24) is 4.90 Å². The largest absolute Gasteiger partial charge is 0.390 e. The second-order valence-corrected chi connectivity index (χ2v) is 6.18. The number of aryl methyl sites for hydroxylation is 1. The van der Waals surface area contributed by atoms with Crippen molar-refractivity contribution >= 4 is 5.91 Å². The molecule has 2 aliphatic heterocycles. The summed E-state index contributed by atoms with van der Waals surface area (Å²) in [6.07, 6.45) is 2.81. The van der Waals surface area contributed by atoms with E-state index in [1.54, 1.807) is 0 Å². The fourth-order valence-electron chi connectivity index (χ4n) is 3.46. The summed E-state index contributed by atoms with van der Waals surface area (Å²) >= 11 is 0.